The van der Waals surface area contributed by atoms with E-state index in [0.29, 0.717) is 17.8 Å². The van der Waals surface area contributed by atoms with Gasteiger partial charge in [0.15, 0.2) is 0 Å². The molecule has 0 aliphatic heterocycles. The Morgan fingerprint density at radius 3 is 2.75 bits per heavy atom. The minimum atomic E-state index is -0.205. The third-order valence-corrected chi connectivity index (χ3v) is 2.99. The Morgan fingerprint density at radius 2 is 2.00 bits per heavy atom. The van der Waals surface area contributed by atoms with Crippen LogP contribution in [-0.4, -0.2) is 16.5 Å². The summed E-state index contributed by atoms with van der Waals surface area (Å²) in [4.78, 5) is 8.89. The van der Waals surface area contributed by atoms with Crippen molar-refractivity contribution in [3.63, 3.8) is 0 Å². The number of hydrogen-bond donors (Lipinski definition) is 1. The van der Waals surface area contributed by atoms with Crippen LogP contribution in [-0.2, 0) is 13.0 Å². The lowest BCUT2D eigenvalue weighted by Gasteiger charge is -2.07. The van der Waals surface area contributed by atoms with Gasteiger partial charge in [0, 0.05) is 18.7 Å². The van der Waals surface area contributed by atoms with E-state index in [0.717, 1.165) is 30.9 Å². The van der Waals surface area contributed by atoms with Crippen molar-refractivity contribution >= 4 is 0 Å². The number of halogens is 1. The first-order chi connectivity index (χ1) is 9.69. The summed E-state index contributed by atoms with van der Waals surface area (Å²) >= 11 is 0. The van der Waals surface area contributed by atoms with E-state index >= 15 is 0 Å². The van der Waals surface area contributed by atoms with Crippen LogP contribution in [0.25, 0.3) is 0 Å². The van der Waals surface area contributed by atoms with Crippen molar-refractivity contribution in [2.45, 2.75) is 33.2 Å². The monoisotopic (exact) mass is 273 g/mol. The topological polar surface area (TPSA) is 37.8 Å². The zero-order valence-electron chi connectivity index (χ0n) is 12.0. The second kappa shape index (κ2) is 7.10. The first-order valence-electron chi connectivity index (χ1n) is 6.96. The van der Waals surface area contributed by atoms with Gasteiger partial charge in [-0.25, -0.2) is 14.4 Å². The Morgan fingerprint density at radius 1 is 1.20 bits per heavy atom. The Hall–Kier alpha value is -1.81. The number of hydrogen-bond acceptors (Lipinski definition) is 3. The van der Waals surface area contributed by atoms with E-state index in [4.69, 9.17) is 0 Å². The van der Waals surface area contributed by atoms with E-state index in [-0.39, 0.29) is 5.82 Å². The van der Waals surface area contributed by atoms with Crippen LogP contribution in [0.3, 0.4) is 0 Å². The molecule has 3 nitrogen and oxygen atoms in total. The van der Waals surface area contributed by atoms with Crippen LogP contribution in [0.1, 0.15) is 36.1 Å². The van der Waals surface area contributed by atoms with Crippen LogP contribution in [0.5, 0.6) is 0 Å². The van der Waals surface area contributed by atoms with Crippen molar-refractivity contribution in [1.29, 1.82) is 0 Å². The van der Waals surface area contributed by atoms with Gasteiger partial charge in [-0.15, -0.1) is 0 Å². The molecule has 1 N–H and O–H groups in total. The number of aromatic nitrogens is 2. The highest BCUT2D eigenvalue weighted by molar-refractivity contribution is 5.22. The van der Waals surface area contributed by atoms with Crippen molar-refractivity contribution in [3.05, 3.63) is 58.9 Å². The number of nitrogens with zero attached hydrogens (tertiary/aromatic N) is 2. The van der Waals surface area contributed by atoms with Crippen molar-refractivity contribution in [1.82, 2.24) is 15.3 Å². The molecule has 0 radical (unpaired) electrons. The van der Waals surface area contributed by atoms with Gasteiger partial charge in [0.1, 0.15) is 11.6 Å². The highest BCUT2D eigenvalue weighted by atomic mass is 19.1. The number of nitrogens with one attached hydrogen (secondary N) is 1. The van der Waals surface area contributed by atoms with Gasteiger partial charge in [-0.3, -0.25) is 0 Å². The number of rotatable bonds is 6. The average Bonchev–Trinajstić information content (AvgIpc) is 2.41. The summed E-state index contributed by atoms with van der Waals surface area (Å²) in [6.07, 6.45) is 1.52. The zero-order valence-corrected chi connectivity index (χ0v) is 12.0. The summed E-state index contributed by atoms with van der Waals surface area (Å²) in [6, 6.07) is 8.73. The molecule has 0 saturated carbocycles. The molecule has 4 heteroatoms. The molecule has 2 aromatic rings. The Labute approximate surface area is 119 Å². The minimum absolute atomic E-state index is 0.205. The maximum atomic E-state index is 13.7. The molecule has 2 rings (SSSR count). The molecule has 0 aliphatic carbocycles. The first-order valence-corrected chi connectivity index (χ1v) is 6.96. The molecule has 1 aromatic carbocycles. The maximum Gasteiger partial charge on any atom is 0.133 e. The van der Waals surface area contributed by atoms with Gasteiger partial charge in [-0.2, -0.15) is 0 Å². The van der Waals surface area contributed by atoms with Gasteiger partial charge in [-0.05, 0) is 37.6 Å². The molecule has 106 valence electrons. The summed E-state index contributed by atoms with van der Waals surface area (Å²) in [5.41, 5.74) is 2.50. The second-order valence-electron chi connectivity index (χ2n) is 4.86. The van der Waals surface area contributed by atoms with Gasteiger partial charge in [0.05, 0.1) is 5.69 Å². The second-order valence-corrected chi connectivity index (χ2v) is 4.86. The fraction of sp³-hybridized carbons (Fsp3) is 0.375. The largest absolute Gasteiger partial charge is 0.311 e. The lowest BCUT2D eigenvalue weighted by molar-refractivity contribution is 0.610. The standard InChI is InChI=1S/C16H20FN3/c1-3-8-18-11-14-9-12(2)19-16(20-14)10-13-6-4-5-7-15(13)17/h4-7,9,18H,3,8,10-11H2,1-2H3. The number of aryl methyl sites for hydroxylation is 1. The van der Waals surface area contributed by atoms with Crippen molar-refractivity contribution in [2.24, 2.45) is 0 Å². The summed E-state index contributed by atoms with van der Waals surface area (Å²) < 4.78 is 13.7. The zero-order chi connectivity index (χ0) is 14.4. The summed E-state index contributed by atoms with van der Waals surface area (Å²) in [5.74, 6) is 0.465. The van der Waals surface area contributed by atoms with Crippen LogP contribution in [0.15, 0.2) is 30.3 Å². The van der Waals surface area contributed by atoms with E-state index in [2.05, 4.69) is 22.2 Å². The molecular formula is C16H20FN3. The molecule has 0 atom stereocenters. The van der Waals surface area contributed by atoms with Crippen LogP contribution < -0.4 is 5.32 Å². The fourth-order valence-electron chi connectivity index (χ4n) is 2.07. The molecule has 0 spiro atoms. The van der Waals surface area contributed by atoms with Crippen molar-refractivity contribution in [3.8, 4) is 0 Å². The molecule has 20 heavy (non-hydrogen) atoms. The summed E-state index contributed by atoms with van der Waals surface area (Å²) in [7, 11) is 0. The smallest absolute Gasteiger partial charge is 0.133 e. The number of benzene rings is 1. The Kier molecular flexibility index (Phi) is 5.18. The molecule has 0 aliphatic rings. The maximum absolute atomic E-state index is 13.7. The van der Waals surface area contributed by atoms with E-state index in [9.17, 15) is 4.39 Å². The van der Waals surface area contributed by atoms with E-state index in [1.807, 2.05) is 19.1 Å². The first kappa shape index (κ1) is 14.6. The predicted molar refractivity (Wildman–Crippen MR) is 78.0 cm³/mol. The molecule has 0 bridgehead atoms. The Bertz CT molecular complexity index is 569. The van der Waals surface area contributed by atoms with E-state index < -0.39 is 0 Å². The Balaban J connectivity index is 2.13. The van der Waals surface area contributed by atoms with Crippen molar-refractivity contribution in [2.75, 3.05) is 6.54 Å². The SMILES string of the molecule is CCCNCc1cc(C)nc(Cc2ccccc2F)n1. The molecule has 0 amide bonds. The van der Waals surface area contributed by atoms with Crippen LogP contribution in [0.4, 0.5) is 4.39 Å². The normalized spacial score (nSPS) is 10.8. The molecule has 0 fully saturated rings. The molecule has 0 saturated heterocycles. The molecule has 0 unspecified atom stereocenters. The van der Waals surface area contributed by atoms with Crippen LogP contribution >= 0.6 is 0 Å². The van der Waals surface area contributed by atoms with E-state index in [1.165, 1.54) is 6.07 Å². The molecular weight excluding hydrogens is 253 g/mol. The molecule has 1 heterocycles. The van der Waals surface area contributed by atoms with Gasteiger partial charge >= 0.3 is 0 Å². The fourth-order valence-corrected chi connectivity index (χ4v) is 2.07. The van der Waals surface area contributed by atoms with Gasteiger partial charge in [0.2, 0.25) is 0 Å². The average molecular weight is 273 g/mol. The van der Waals surface area contributed by atoms with Gasteiger partial charge in [-0.1, -0.05) is 25.1 Å². The van der Waals surface area contributed by atoms with Crippen LogP contribution in [0, 0.1) is 12.7 Å². The highest BCUT2D eigenvalue weighted by Gasteiger charge is 2.07. The van der Waals surface area contributed by atoms with E-state index in [1.54, 1.807) is 12.1 Å². The predicted octanol–water partition coefficient (Wildman–Crippen LogP) is 3.01. The third-order valence-electron chi connectivity index (χ3n) is 2.99. The third kappa shape index (κ3) is 4.10. The van der Waals surface area contributed by atoms with Gasteiger partial charge < -0.3 is 5.32 Å². The van der Waals surface area contributed by atoms with Gasteiger partial charge in [0.25, 0.3) is 0 Å². The van der Waals surface area contributed by atoms with Crippen molar-refractivity contribution < 1.29 is 4.39 Å². The molecule has 1 aromatic heterocycles. The minimum Gasteiger partial charge on any atom is -0.311 e. The lowest BCUT2D eigenvalue weighted by Crippen LogP contribution is -2.16. The highest BCUT2D eigenvalue weighted by Crippen LogP contribution is 2.11. The lowest BCUT2D eigenvalue weighted by atomic mass is 10.1. The van der Waals surface area contributed by atoms with Crippen LogP contribution in [0.2, 0.25) is 0 Å². The quantitative estimate of drug-likeness (QED) is 0.822. The summed E-state index contributed by atoms with van der Waals surface area (Å²) in [5, 5.41) is 3.32. The summed E-state index contributed by atoms with van der Waals surface area (Å²) in [6.45, 7) is 5.75.